The summed E-state index contributed by atoms with van der Waals surface area (Å²) in [6, 6.07) is 33.2. The number of rotatable bonds is 17. The summed E-state index contributed by atoms with van der Waals surface area (Å²) in [7, 11) is 0. The van der Waals surface area contributed by atoms with E-state index in [9.17, 15) is 24.6 Å². The van der Waals surface area contributed by atoms with Crippen molar-refractivity contribution in [3.63, 3.8) is 0 Å². The Bertz CT molecular complexity index is 4900. The molecule has 14 aromatic rings. The molecule has 0 atom stereocenters. The standard InChI is InChI=1S/C16H14N4O3.C9H8BrN3.C9H8N6.C9H10N4.C9H9N3O.C7H6O4.C6H7N3.C6H7N.C3H6O3.2BrH.ClH.H3N.H2O/c21-12-1-2-13(14(22)7-12)16(23)19-9-11-8-18-15(20-11)10-3-5-17-6-4-10;10-5-8-6-12-9(13-8)7-1-3-11-4-2-7;10-15-13-6-8-5-12-9(14-8)7-1-3-11-4-2-7;10-5-8-6-12-9(13-8)7-1-3-11-4-2-7;13-6-8-5-11-9(12-8)7-1-3-10-4-2-7;8-4-1-2-5(7(10)11)6(9)3-4;7-6(8)5-1-3-9-4-2-5;1-6-2-4-7-5-3-6;4-1-3(6)2-5;;;;;/h1-8,21-22H,9H2,(H,18,20)(H,19,23);1-4,6H,5H2,(H,12,13);1-5H,6H2,(H,12,14);1-4,6H,5,10H2,(H,12,13);1-5,13H,6H2,(H,11,12);1-3,8-9H,(H,10,11);1-4H,(H3,7,8);2-5H,1H3;4-5H,1-2H2;3*1H;1H3;1H2. The van der Waals surface area contributed by atoms with Crippen LogP contribution in [0.2, 0.25) is 0 Å². The van der Waals surface area contributed by atoms with Crippen molar-refractivity contribution in [3.8, 4) is 79.9 Å². The second kappa shape index (κ2) is 55.9. The molecule has 37 nitrogen and oxygen atoms in total. The first-order valence-corrected chi connectivity index (χ1v) is 33.5. The molecule has 0 saturated heterocycles. The highest BCUT2D eigenvalue weighted by Gasteiger charge is 2.14. The number of aliphatic hydroxyl groups is 3. The minimum absolute atomic E-state index is 0. The number of hydrogen-bond donors (Lipinski definition) is 18. The van der Waals surface area contributed by atoms with E-state index in [1.165, 1.54) is 23.8 Å². The van der Waals surface area contributed by atoms with Crippen molar-refractivity contribution in [3.05, 3.63) is 300 Å². The number of aromatic amines is 5. The zero-order valence-electron chi connectivity index (χ0n) is 60.9. The van der Waals surface area contributed by atoms with Crippen molar-refractivity contribution in [2.24, 2.45) is 16.6 Å². The second-order valence-corrected chi connectivity index (χ2v) is 22.3. The minimum atomic E-state index is -1.22. The minimum Gasteiger partial charge on any atom is -0.508 e. The van der Waals surface area contributed by atoms with Crippen LogP contribution in [-0.2, 0) is 36.4 Å². The number of carboxylic acid groups (broad SMARTS) is 1. The number of imidazole rings is 5. The summed E-state index contributed by atoms with van der Waals surface area (Å²) in [5.41, 5.74) is 29.8. The average Bonchev–Trinajstić information content (AvgIpc) is 1.99. The molecule has 0 aliphatic carbocycles. The summed E-state index contributed by atoms with van der Waals surface area (Å²) < 4.78 is 0. The van der Waals surface area contributed by atoms with E-state index in [0.717, 1.165) is 97.4 Å². The van der Waals surface area contributed by atoms with Crippen LogP contribution in [0.4, 0.5) is 0 Å². The van der Waals surface area contributed by atoms with Gasteiger partial charge in [0.15, 0.2) is 5.78 Å². The van der Waals surface area contributed by atoms with E-state index in [4.69, 9.17) is 53.0 Å². The number of H-pyrrole nitrogens is 5. The number of benzene rings is 2. The number of amides is 1. The summed E-state index contributed by atoms with van der Waals surface area (Å²) in [4.78, 5) is 98.4. The van der Waals surface area contributed by atoms with Crippen LogP contribution in [0, 0.1) is 12.3 Å². The number of aromatic nitrogens is 17. The predicted molar refractivity (Wildman–Crippen MR) is 446 cm³/mol. The first-order valence-electron chi connectivity index (χ1n) is 32.3. The summed E-state index contributed by atoms with van der Waals surface area (Å²) in [6.45, 7) is 1.91. The number of pyridine rings is 7. The van der Waals surface area contributed by atoms with Crippen molar-refractivity contribution in [1.82, 2.24) is 96.2 Å². The summed E-state index contributed by atoms with van der Waals surface area (Å²) in [5, 5.41) is 83.4. The maximum absolute atomic E-state index is 12.0. The van der Waals surface area contributed by atoms with Gasteiger partial charge in [0.1, 0.15) is 76.7 Å². The number of ketones is 1. The van der Waals surface area contributed by atoms with Crippen LogP contribution in [0.3, 0.4) is 0 Å². The maximum Gasteiger partial charge on any atom is 0.339 e. The molecule has 12 aromatic heterocycles. The molecule has 0 radical (unpaired) electrons. The number of nitrogens with zero attached hydrogens (tertiary/aromatic N) is 15. The number of Topliss-reactive ketones (excluding diaryl/α,β-unsaturated/α-hetero) is 1. The van der Waals surface area contributed by atoms with E-state index in [0.29, 0.717) is 23.6 Å². The number of nitrogens with one attached hydrogen (secondary N) is 7. The van der Waals surface area contributed by atoms with Crippen LogP contribution in [0.25, 0.3) is 67.4 Å². The van der Waals surface area contributed by atoms with Gasteiger partial charge in [-0.2, -0.15) is 0 Å². The number of halogens is 4. The molecule has 1 amide bonds. The number of phenols is 4. The fourth-order valence-electron chi connectivity index (χ4n) is 8.30. The quantitative estimate of drug-likeness (QED) is 0.0101. The van der Waals surface area contributed by atoms with Gasteiger partial charge in [0.05, 0.1) is 49.0 Å². The third kappa shape index (κ3) is 36.1. The zero-order chi connectivity index (χ0) is 79.3. The van der Waals surface area contributed by atoms with E-state index in [1.54, 1.807) is 124 Å². The molecule has 12 heterocycles. The molecule has 604 valence electrons. The van der Waals surface area contributed by atoms with Gasteiger partial charge in [-0.3, -0.25) is 49.9 Å². The molecular formula is C74H83Br3ClN25O12. The number of nitrogen functional groups attached to an aromatic ring is 1. The fourth-order valence-corrected chi connectivity index (χ4v) is 8.58. The van der Waals surface area contributed by atoms with Crippen molar-refractivity contribution in [2.45, 2.75) is 38.5 Å². The van der Waals surface area contributed by atoms with E-state index in [-0.39, 0.29) is 112 Å². The molecular weight excluding hydrogens is 1710 g/mol. The maximum atomic E-state index is 12.0. The lowest BCUT2D eigenvalue weighted by Crippen LogP contribution is -2.23. The number of aryl methyl sites for hydroxylation is 1. The third-order valence-electron chi connectivity index (χ3n) is 13.8. The van der Waals surface area contributed by atoms with Gasteiger partial charge >= 0.3 is 5.97 Å². The summed E-state index contributed by atoms with van der Waals surface area (Å²) >= 11 is 3.36. The summed E-state index contributed by atoms with van der Waals surface area (Å²) in [6.07, 6.45) is 32.4. The number of carbonyl (C=O) groups is 3. The van der Waals surface area contributed by atoms with Gasteiger partial charge in [-0.1, -0.05) is 21.0 Å². The largest absolute Gasteiger partial charge is 0.508 e. The monoisotopic (exact) mass is 1790 g/mol. The number of amidine groups is 1. The zero-order valence-corrected chi connectivity index (χ0v) is 66.8. The number of azide groups is 1. The normalized spacial score (nSPS) is 9.37. The first-order chi connectivity index (χ1) is 53.3. The highest BCUT2D eigenvalue weighted by molar-refractivity contribution is 9.08. The average molecular weight is 1790 g/mol. The Labute approximate surface area is 692 Å². The molecule has 0 aliphatic rings. The van der Waals surface area contributed by atoms with Crippen LogP contribution >= 0.6 is 62.3 Å². The smallest absolute Gasteiger partial charge is 0.339 e. The van der Waals surface area contributed by atoms with Crippen LogP contribution in [-0.4, -0.2) is 168 Å². The lowest BCUT2D eigenvalue weighted by atomic mass is 10.2. The third-order valence-corrected chi connectivity index (χ3v) is 14.4. The Hall–Kier alpha value is -13.4. The Kier molecular flexibility index (Phi) is 48.5. The molecule has 115 heavy (non-hydrogen) atoms. The number of alkyl halides is 1. The Balaban J connectivity index is 0.000000658. The molecule has 0 fully saturated rings. The van der Waals surface area contributed by atoms with Gasteiger partial charge in [-0.25, -0.2) is 29.7 Å². The van der Waals surface area contributed by atoms with Gasteiger partial charge in [-0.05, 0) is 127 Å². The van der Waals surface area contributed by atoms with Crippen molar-refractivity contribution >= 4 is 85.8 Å². The van der Waals surface area contributed by atoms with E-state index in [2.05, 4.69) is 116 Å². The molecule has 0 bridgehead atoms. The number of nitrogens with two attached hydrogens (primary N) is 2. The van der Waals surface area contributed by atoms with Crippen LogP contribution in [0.1, 0.15) is 60.3 Å². The SMILES string of the molecule is Br.Br.BrCc1cnc(-c2ccncc2)[nH]1.Cc1ccncc1.Cl.N.N=C(N)c1ccncc1.NCc1cnc(-c2ccncc2)[nH]1.O.O=C(CO)CO.O=C(NCc1cnc(-c2ccncc2)[nH]1)c1ccc(O)cc1O.O=C(O)c1ccc(O)cc1O.OCc1cnc(-c2ccncc2)[nH]1.[N-]=[N+]=NCc1cnc(-c2ccncc2)[nH]1. The highest BCUT2D eigenvalue weighted by Crippen LogP contribution is 2.25. The van der Waals surface area contributed by atoms with Gasteiger partial charge < -0.3 is 94.2 Å². The van der Waals surface area contributed by atoms with Crippen molar-refractivity contribution in [1.29, 1.82) is 5.41 Å². The second-order valence-electron chi connectivity index (χ2n) is 21.8. The molecule has 0 aliphatic heterocycles. The lowest BCUT2D eigenvalue weighted by molar-refractivity contribution is -0.124. The number of aliphatic hydroxyl groups excluding tert-OH is 3. The number of hydrogen-bond acceptors (Lipinski definition) is 26. The van der Waals surface area contributed by atoms with Crippen LogP contribution < -0.4 is 22.9 Å². The van der Waals surface area contributed by atoms with Gasteiger partial charge in [0.2, 0.25) is 0 Å². The molecule has 0 unspecified atom stereocenters. The topological polar surface area (TPSA) is 650 Å². The first kappa shape index (κ1) is 99.6. The number of carbonyl (C=O) groups excluding carboxylic acids is 2. The van der Waals surface area contributed by atoms with Crippen molar-refractivity contribution in [2.75, 3.05) is 13.2 Å². The van der Waals surface area contributed by atoms with Crippen LogP contribution in [0.15, 0.2) is 244 Å². The number of aromatic carboxylic acids is 1. The predicted octanol–water partition coefficient (Wildman–Crippen LogP) is 10.4. The number of phenolic OH excluding ortho intramolecular Hbond substituents is 3. The van der Waals surface area contributed by atoms with Gasteiger partial charge in [0, 0.05) is 185 Å². The Morgan fingerprint density at radius 2 is 0.826 bits per heavy atom. The van der Waals surface area contributed by atoms with Gasteiger partial charge in [0.25, 0.3) is 5.91 Å². The Morgan fingerprint density at radius 3 is 1.11 bits per heavy atom. The molecule has 41 heteroatoms. The van der Waals surface area contributed by atoms with Crippen LogP contribution in [0.5, 0.6) is 23.0 Å². The summed E-state index contributed by atoms with van der Waals surface area (Å²) in [5.74, 6) is 0.817. The van der Waals surface area contributed by atoms with E-state index in [1.807, 2.05) is 85.9 Å². The van der Waals surface area contributed by atoms with E-state index < -0.39 is 36.6 Å². The number of carboxylic acids is 1. The molecule has 2 aromatic carbocycles. The molecule has 14 rings (SSSR count). The molecule has 0 saturated carbocycles. The van der Waals surface area contributed by atoms with E-state index >= 15 is 0 Å². The highest BCUT2D eigenvalue weighted by atomic mass is 79.9. The fraction of sp³-hybridized carbons (Fsp3) is 0.108. The Morgan fingerprint density at radius 1 is 0.504 bits per heavy atom. The van der Waals surface area contributed by atoms with Crippen molar-refractivity contribution < 1.29 is 60.7 Å². The lowest BCUT2D eigenvalue weighted by Gasteiger charge is -2.06. The van der Waals surface area contributed by atoms with Gasteiger partial charge in [-0.15, -0.1) is 46.4 Å². The number of aromatic hydroxyl groups is 4. The molecule has 24 N–H and O–H groups in total. The molecule has 0 spiro atoms.